The molecule has 1 saturated heterocycles. The van der Waals surface area contributed by atoms with Gasteiger partial charge in [0.2, 0.25) is 0 Å². The fraction of sp³-hybridized carbons (Fsp3) is 0.286. The van der Waals surface area contributed by atoms with Crippen LogP contribution in [-0.4, -0.2) is 35.4 Å². The lowest BCUT2D eigenvalue weighted by Gasteiger charge is -2.25. The molecule has 0 bridgehead atoms. The molecule has 1 aliphatic heterocycles. The average Bonchev–Trinajstić information content (AvgIpc) is 2.47. The van der Waals surface area contributed by atoms with Gasteiger partial charge in [-0.1, -0.05) is 18.2 Å². The van der Waals surface area contributed by atoms with Crippen LogP contribution >= 0.6 is 11.8 Å². The van der Waals surface area contributed by atoms with E-state index in [1.165, 1.54) is 0 Å². The first kappa shape index (κ1) is 12.3. The summed E-state index contributed by atoms with van der Waals surface area (Å²) in [4.78, 5) is 25.9. The summed E-state index contributed by atoms with van der Waals surface area (Å²) in [7, 11) is 0. The van der Waals surface area contributed by atoms with Crippen LogP contribution in [0, 0.1) is 0 Å². The number of nitrogens with zero attached hydrogens (tertiary/aromatic N) is 1. The van der Waals surface area contributed by atoms with Crippen molar-refractivity contribution in [2.24, 2.45) is 0 Å². The molecule has 0 spiro atoms. The van der Waals surface area contributed by atoms with Gasteiger partial charge >= 0.3 is 5.63 Å². The maximum atomic E-state index is 12.3. The van der Waals surface area contributed by atoms with Crippen LogP contribution in [0.1, 0.15) is 10.6 Å². The molecule has 19 heavy (non-hydrogen) atoms. The van der Waals surface area contributed by atoms with E-state index >= 15 is 0 Å². The van der Waals surface area contributed by atoms with Crippen molar-refractivity contribution in [1.82, 2.24) is 4.90 Å². The smallest absolute Gasteiger partial charge is 0.344 e. The summed E-state index contributed by atoms with van der Waals surface area (Å²) < 4.78 is 5.15. The molecule has 1 fully saturated rings. The Labute approximate surface area is 114 Å². The van der Waals surface area contributed by atoms with E-state index in [-0.39, 0.29) is 11.7 Å². The Bertz CT molecular complexity index is 674. The van der Waals surface area contributed by atoms with Crippen molar-refractivity contribution < 1.29 is 9.21 Å². The zero-order chi connectivity index (χ0) is 13.2. The molecular weight excluding hydrogens is 262 g/mol. The van der Waals surface area contributed by atoms with Gasteiger partial charge in [-0.2, -0.15) is 11.8 Å². The number of amides is 1. The first-order valence-corrected chi connectivity index (χ1v) is 7.31. The normalized spacial score (nSPS) is 15.7. The number of thioether (sulfide) groups is 1. The molecule has 0 aliphatic carbocycles. The van der Waals surface area contributed by atoms with Gasteiger partial charge in [-0.3, -0.25) is 4.79 Å². The summed E-state index contributed by atoms with van der Waals surface area (Å²) in [5.41, 5.74) is -0.451. The molecule has 2 heterocycles. The second-order valence-corrected chi connectivity index (χ2v) is 5.61. The van der Waals surface area contributed by atoms with Gasteiger partial charge in [-0.15, -0.1) is 0 Å². The molecule has 1 aromatic heterocycles. The van der Waals surface area contributed by atoms with Gasteiger partial charge < -0.3 is 9.32 Å². The second kappa shape index (κ2) is 5.09. The van der Waals surface area contributed by atoms with E-state index in [4.69, 9.17) is 4.42 Å². The Morgan fingerprint density at radius 3 is 2.74 bits per heavy atom. The van der Waals surface area contributed by atoms with Crippen molar-refractivity contribution in [1.29, 1.82) is 0 Å². The van der Waals surface area contributed by atoms with Crippen LogP contribution in [0.3, 0.4) is 0 Å². The molecule has 98 valence electrons. The van der Waals surface area contributed by atoms with E-state index in [0.717, 1.165) is 16.9 Å². The summed E-state index contributed by atoms with van der Waals surface area (Å²) in [6.45, 7) is 1.42. The van der Waals surface area contributed by atoms with Gasteiger partial charge in [0.1, 0.15) is 0 Å². The topological polar surface area (TPSA) is 50.5 Å². The van der Waals surface area contributed by atoms with E-state index in [0.29, 0.717) is 18.5 Å². The summed E-state index contributed by atoms with van der Waals surface area (Å²) in [6.07, 6.45) is 0. The molecule has 0 atom stereocenters. The molecule has 3 rings (SSSR count). The first-order valence-electron chi connectivity index (χ1n) is 6.15. The summed E-state index contributed by atoms with van der Waals surface area (Å²) in [6, 6.07) is 8.79. The fourth-order valence-electron chi connectivity index (χ4n) is 2.16. The highest BCUT2D eigenvalue weighted by molar-refractivity contribution is 7.99. The Kier molecular flexibility index (Phi) is 3.29. The number of fused-ring (bicyclic) bond motifs is 1. The lowest BCUT2D eigenvalue weighted by atomic mass is 10.1. The minimum atomic E-state index is -0.451. The van der Waals surface area contributed by atoms with Crippen LogP contribution in [0.4, 0.5) is 0 Å². The van der Waals surface area contributed by atoms with Crippen LogP contribution in [0.15, 0.2) is 39.5 Å². The molecule has 1 aliphatic rings. The minimum Gasteiger partial charge on any atom is -0.417 e. The molecule has 0 N–H and O–H groups in total. The van der Waals surface area contributed by atoms with Crippen LogP contribution in [0.25, 0.3) is 10.8 Å². The SMILES string of the molecule is O=C(c1cc2ccccc2c(=O)o1)N1CCSCC1. The number of carbonyl (C=O) groups is 1. The Hall–Kier alpha value is -1.75. The molecular formula is C14H13NO3S. The quantitative estimate of drug-likeness (QED) is 0.798. The highest BCUT2D eigenvalue weighted by atomic mass is 32.2. The predicted molar refractivity (Wildman–Crippen MR) is 75.7 cm³/mol. The fourth-order valence-corrected chi connectivity index (χ4v) is 3.07. The maximum Gasteiger partial charge on any atom is 0.344 e. The Balaban J connectivity index is 2.00. The molecule has 0 radical (unpaired) electrons. The molecule has 1 amide bonds. The zero-order valence-corrected chi connectivity index (χ0v) is 11.1. The summed E-state index contributed by atoms with van der Waals surface area (Å²) in [5, 5.41) is 1.25. The number of hydrogen-bond acceptors (Lipinski definition) is 4. The van der Waals surface area contributed by atoms with E-state index in [2.05, 4.69) is 0 Å². The third-order valence-corrected chi connectivity index (χ3v) is 4.12. The molecule has 0 saturated carbocycles. The van der Waals surface area contributed by atoms with Crippen LogP contribution in [0.2, 0.25) is 0 Å². The van der Waals surface area contributed by atoms with Crippen molar-refractivity contribution in [2.75, 3.05) is 24.6 Å². The van der Waals surface area contributed by atoms with E-state index in [9.17, 15) is 9.59 Å². The highest BCUT2D eigenvalue weighted by Gasteiger charge is 2.21. The predicted octanol–water partition coefficient (Wildman–Crippen LogP) is 1.98. The third kappa shape index (κ3) is 2.38. The standard InChI is InChI=1S/C14H13NO3S/c16-13(15-5-7-19-8-6-15)12-9-10-3-1-2-4-11(10)14(17)18-12/h1-4,9H,5-8H2. The van der Waals surface area contributed by atoms with Crippen LogP contribution < -0.4 is 5.63 Å². The van der Waals surface area contributed by atoms with Crippen molar-refractivity contribution in [3.8, 4) is 0 Å². The Morgan fingerprint density at radius 1 is 1.21 bits per heavy atom. The van der Waals surface area contributed by atoms with Gasteiger partial charge in [0, 0.05) is 24.6 Å². The Morgan fingerprint density at radius 2 is 1.95 bits per heavy atom. The van der Waals surface area contributed by atoms with Gasteiger partial charge in [0.05, 0.1) is 5.39 Å². The van der Waals surface area contributed by atoms with E-state index < -0.39 is 5.63 Å². The molecule has 5 heteroatoms. The molecule has 4 nitrogen and oxygen atoms in total. The lowest BCUT2D eigenvalue weighted by Crippen LogP contribution is -2.38. The van der Waals surface area contributed by atoms with Crippen molar-refractivity contribution in [2.45, 2.75) is 0 Å². The van der Waals surface area contributed by atoms with Gasteiger partial charge in [0.15, 0.2) is 5.76 Å². The monoisotopic (exact) mass is 275 g/mol. The molecule has 1 aromatic carbocycles. The van der Waals surface area contributed by atoms with Gasteiger partial charge in [-0.05, 0) is 17.5 Å². The van der Waals surface area contributed by atoms with Crippen LogP contribution in [0.5, 0.6) is 0 Å². The summed E-state index contributed by atoms with van der Waals surface area (Å²) in [5.74, 6) is 1.81. The number of carbonyl (C=O) groups excluding carboxylic acids is 1. The number of benzene rings is 1. The van der Waals surface area contributed by atoms with Crippen molar-refractivity contribution >= 4 is 28.4 Å². The number of rotatable bonds is 1. The van der Waals surface area contributed by atoms with E-state index in [1.54, 1.807) is 23.1 Å². The van der Waals surface area contributed by atoms with Gasteiger partial charge in [0.25, 0.3) is 5.91 Å². The summed E-state index contributed by atoms with van der Waals surface area (Å²) >= 11 is 1.83. The number of hydrogen-bond donors (Lipinski definition) is 0. The molecule has 2 aromatic rings. The van der Waals surface area contributed by atoms with Crippen LogP contribution in [-0.2, 0) is 0 Å². The second-order valence-electron chi connectivity index (χ2n) is 4.39. The van der Waals surface area contributed by atoms with E-state index in [1.807, 2.05) is 23.9 Å². The third-order valence-electron chi connectivity index (χ3n) is 3.18. The first-order chi connectivity index (χ1) is 9.25. The molecule has 0 unspecified atom stereocenters. The highest BCUT2D eigenvalue weighted by Crippen LogP contribution is 2.16. The average molecular weight is 275 g/mol. The minimum absolute atomic E-state index is 0.135. The van der Waals surface area contributed by atoms with Gasteiger partial charge in [-0.25, -0.2) is 4.79 Å². The zero-order valence-electron chi connectivity index (χ0n) is 10.3. The maximum absolute atomic E-state index is 12.3. The van der Waals surface area contributed by atoms with Crippen molar-refractivity contribution in [3.05, 3.63) is 46.5 Å². The largest absolute Gasteiger partial charge is 0.417 e. The van der Waals surface area contributed by atoms with Crippen molar-refractivity contribution in [3.63, 3.8) is 0 Å². The lowest BCUT2D eigenvalue weighted by molar-refractivity contribution is 0.0736.